The van der Waals surface area contributed by atoms with Gasteiger partial charge in [0.25, 0.3) is 5.56 Å². The second-order valence-corrected chi connectivity index (χ2v) is 8.39. The smallest absolute Gasteiger partial charge is 0.252 e. The highest BCUT2D eigenvalue weighted by molar-refractivity contribution is 5.79. The average Bonchev–Trinajstić information content (AvgIpc) is 3.29. The lowest BCUT2D eigenvalue weighted by Crippen LogP contribution is -2.49. The average molecular weight is 378 g/mol. The lowest BCUT2D eigenvalue weighted by Gasteiger charge is -2.39. The highest BCUT2D eigenvalue weighted by Gasteiger charge is 2.30. The number of hydrogen-bond acceptors (Lipinski definition) is 5. The Hall–Kier alpha value is -2.70. The van der Waals surface area contributed by atoms with Crippen molar-refractivity contribution in [1.29, 1.82) is 0 Å². The fourth-order valence-corrected chi connectivity index (χ4v) is 4.61. The number of aromatic nitrogens is 5. The Morgan fingerprint density at radius 1 is 1.14 bits per heavy atom. The molecule has 4 heterocycles. The molecule has 146 valence electrons. The lowest BCUT2D eigenvalue weighted by molar-refractivity contribution is 0.338. The molecule has 3 aromatic heterocycles. The van der Waals surface area contributed by atoms with Crippen molar-refractivity contribution in [3.8, 4) is 0 Å². The third-order valence-electron chi connectivity index (χ3n) is 6.12. The number of anilines is 1. The van der Waals surface area contributed by atoms with Gasteiger partial charge < -0.3 is 4.90 Å². The molecule has 0 radical (unpaired) electrons. The van der Waals surface area contributed by atoms with Crippen molar-refractivity contribution in [2.75, 3.05) is 18.0 Å². The van der Waals surface area contributed by atoms with Crippen LogP contribution < -0.4 is 10.5 Å². The predicted octanol–water partition coefficient (Wildman–Crippen LogP) is 2.86. The highest BCUT2D eigenvalue weighted by atomic mass is 16.1. The molecule has 0 bridgehead atoms. The van der Waals surface area contributed by atoms with Gasteiger partial charge in [0.05, 0.1) is 6.20 Å². The molecule has 1 aliphatic heterocycles. The Labute approximate surface area is 164 Å². The van der Waals surface area contributed by atoms with Crippen molar-refractivity contribution < 1.29 is 0 Å². The highest BCUT2D eigenvalue weighted by Crippen LogP contribution is 2.31. The maximum absolute atomic E-state index is 12.7. The van der Waals surface area contributed by atoms with Gasteiger partial charge in [0.1, 0.15) is 5.65 Å². The summed E-state index contributed by atoms with van der Waals surface area (Å²) in [6.07, 6.45) is 10.4. The predicted molar refractivity (Wildman–Crippen MR) is 109 cm³/mol. The second kappa shape index (κ2) is 6.72. The molecule has 3 aromatic rings. The molecule has 1 aliphatic carbocycles. The molecule has 0 unspecified atom stereocenters. The zero-order valence-electron chi connectivity index (χ0n) is 16.5. The van der Waals surface area contributed by atoms with E-state index in [2.05, 4.69) is 28.1 Å². The van der Waals surface area contributed by atoms with E-state index >= 15 is 0 Å². The molecule has 5 rings (SSSR count). The molecule has 0 N–H and O–H groups in total. The van der Waals surface area contributed by atoms with E-state index in [-0.39, 0.29) is 11.6 Å². The van der Waals surface area contributed by atoms with Gasteiger partial charge in [-0.1, -0.05) is 12.8 Å². The van der Waals surface area contributed by atoms with Crippen LogP contribution in [-0.4, -0.2) is 37.4 Å². The molecule has 0 spiro atoms. The van der Waals surface area contributed by atoms with Crippen LogP contribution in [0, 0.1) is 19.8 Å². The molecular weight excluding hydrogens is 352 g/mol. The van der Waals surface area contributed by atoms with Gasteiger partial charge in [-0.15, -0.1) is 0 Å². The minimum absolute atomic E-state index is 0.0667. The third kappa shape index (κ3) is 2.99. The standard InChI is InChI=1S/C21H26N6O/c1-14-8-23-26(10-14)13-16-11-25(12-16)21-22-9-18-15(2)7-19(28)27(20(18)24-21)17-5-3-4-6-17/h7-10,16-17H,3-6,11-13H2,1-2H3. The Balaban J connectivity index is 1.42. The summed E-state index contributed by atoms with van der Waals surface area (Å²) in [5.74, 6) is 1.28. The van der Waals surface area contributed by atoms with E-state index in [1.54, 1.807) is 6.07 Å². The minimum atomic E-state index is 0.0667. The van der Waals surface area contributed by atoms with Gasteiger partial charge in [-0.3, -0.25) is 14.0 Å². The summed E-state index contributed by atoms with van der Waals surface area (Å²) in [4.78, 5) is 24.4. The number of aryl methyl sites for hydroxylation is 2. The molecular formula is C21H26N6O. The monoisotopic (exact) mass is 378 g/mol. The van der Waals surface area contributed by atoms with E-state index in [0.29, 0.717) is 5.92 Å². The molecule has 28 heavy (non-hydrogen) atoms. The summed E-state index contributed by atoms with van der Waals surface area (Å²) in [6.45, 7) is 6.79. The van der Waals surface area contributed by atoms with E-state index < -0.39 is 0 Å². The van der Waals surface area contributed by atoms with E-state index in [1.165, 1.54) is 18.4 Å². The fourth-order valence-electron chi connectivity index (χ4n) is 4.61. The van der Waals surface area contributed by atoms with Crippen molar-refractivity contribution in [3.63, 3.8) is 0 Å². The minimum Gasteiger partial charge on any atom is -0.340 e. The molecule has 7 heteroatoms. The largest absolute Gasteiger partial charge is 0.340 e. The van der Waals surface area contributed by atoms with E-state index in [0.717, 1.165) is 55.0 Å². The topological polar surface area (TPSA) is 68.8 Å². The van der Waals surface area contributed by atoms with E-state index in [9.17, 15) is 4.79 Å². The van der Waals surface area contributed by atoms with Crippen LogP contribution in [-0.2, 0) is 6.54 Å². The van der Waals surface area contributed by atoms with Gasteiger partial charge in [0, 0.05) is 55.4 Å². The van der Waals surface area contributed by atoms with Crippen molar-refractivity contribution in [2.45, 2.75) is 52.1 Å². The molecule has 2 aliphatic rings. The van der Waals surface area contributed by atoms with Crippen LogP contribution in [0.1, 0.15) is 42.9 Å². The van der Waals surface area contributed by atoms with Crippen LogP contribution >= 0.6 is 0 Å². The summed E-state index contributed by atoms with van der Waals surface area (Å²) in [5, 5.41) is 5.37. The molecule has 1 saturated carbocycles. The van der Waals surface area contributed by atoms with Crippen molar-refractivity contribution >= 4 is 17.0 Å². The Morgan fingerprint density at radius 2 is 1.93 bits per heavy atom. The van der Waals surface area contributed by atoms with Crippen LogP contribution in [0.3, 0.4) is 0 Å². The third-order valence-corrected chi connectivity index (χ3v) is 6.12. The summed E-state index contributed by atoms with van der Waals surface area (Å²) < 4.78 is 3.93. The molecule has 7 nitrogen and oxygen atoms in total. The molecule has 0 amide bonds. The number of pyridine rings is 1. The van der Waals surface area contributed by atoms with Crippen LogP contribution in [0.4, 0.5) is 5.95 Å². The molecule has 0 aromatic carbocycles. The van der Waals surface area contributed by atoms with Gasteiger partial charge in [0.2, 0.25) is 5.95 Å². The maximum Gasteiger partial charge on any atom is 0.252 e. The summed E-state index contributed by atoms with van der Waals surface area (Å²) in [5.41, 5.74) is 3.01. The molecule has 2 fully saturated rings. The first-order valence-corrected chi connectivity index (χ1v) is 10.2. The maximum atomic E-state index is 12.7. The first-order chi connectivity index (χ1) is 13.6. The van der Waals surface area contributed by atoms with Crippen LogP contribution in [0.15, 0.2) is 29.5 Å². The van der Waals surface area contributed by atoms with Crippen molar-refractivity contribution in [1.82, 2.24) is 24.3 Å². The van der Waals surface area contributed by atoms with Crippen molar-refractivity contribution in [3.05, 3.63) is 46.1 Å². The van der Waals surface area contributed by atoms with Crippen LogP contribution in [0.25, 0.3) is 11.0 Å². The first kappa shape index (κ1) is 17.4. The molecule has 1 saturated heterocycles. The first-order valence-electron chi connectivity index (χ1n) is 10.2. The van der Waals surface area contributed by atoms with Gasteiger partial charge in [-0.2, -0.15) is 10.1 Å². The van der Waals surface area contributed by atoms with Crippen LogP contribution in [0.5, 0.6) is 0 Å². The zero-order valence-corrected chi connectivity index (χ0v) is 16.5. The summed E-state index contributed by atoms with van der Waals surface area (Å²) in [6, 6.07) is 2.00. The number of rotatable bonds is 4. The van der Waals surface area contributed by atoms with E-state index in [1.807, 2.05) is 28.6 Å². The SMILES string of the molecule is Cc1cnn(CC2CN(c3ncc4c(C)cc(=O)n(C5CCCC5)c4n3)C2)c1. The number of hydrogen-bond donors (Lipinski definition) is 0. The summed E-state index contributed by atoms with van der Waals surface area (Å²) in [7, 11) is 0. The Morgan fingerprint density at radius 3 is 2.64 bits per heavy atom. The summed E-state index contributed by atoms with van der Waals surface area (Å²) >= 11 is 0. The van der Waals surface area contributed by atoms with Gasteiger partial charge in [0.15, 0.2) is 0 Å². The second-order valence-electron chi connectivity index (χ2n) is 8.39. The Bertz CT molecular complexity index is 1070. The van der Waals surface area contributed by atoms with Gasteiger partial charge in [-0.05, 0) is 37.8 Å². The van der Waals surface area contributed by atoms with Gasteiger partial charge >= 0.3 is 0 Å². The Kier molecular flexibility index (Phi) is 4.18. The normalized spacial score (nSPS) is 18.1. The van der Waals surface area contributed by atoms with Gasteiger partial charge in [-0.25, -0.2) is 4.98 Å². The lowest BCUT2D eigenvalue weighted by atomic mass is 10.0. The zero-order chi connectivity index (χ0) is 19.3. The van der Waals surface area contributed by atoms with Crippen LogP contribution in [0.2, 0.25) is 0 Å². The fraction of sp³-hybridized carbons (Fsp3) is 0.524. The number of fused-ring (bicyclic) bond motifs is 1. The number of nitrogens with zero attached hydrogens (tertiary/aromatic N) is 6. The van der Waals surface area contributed by atoms with Crippen molar-refractivity contribution in [2.24, 2.45) is 5.92 Å². The quantitative estimate of drug-likeness (QED) is 0.698. The van der Waals surface area contributed by atoms with E-state index in [4.69, 9.17) is 4.98 Å². The molecule has 0 atom stereocenters.